The topological polar surface area (TPSA) is 29.5 Å². The Morgan fingerprint density at radius 3 is 2.83 bits per heavy atom. The van der Waals surface area contributed by atoms with Gasteiger partial charge >= 0.3 is 0 Å². The molecular formula is C20H23FO2. The number of aryl methyl sites for hydroxylation is 1. The smallest absolute Gasteiger partial charge is 0.165 e. The van der Waals surface area contributed by atoms with E-state index < -0.39 is 0 Å². The zero-order chi connectivity index (χ0) is 16.2. The molecule has 3 heteroatoms. The largest absolute Gasteiger partial charge is 0.494 e. The van der Waals surface area contributed by atoms with Gasteiger partial charge in [-0.25, -0.2) is 4.39 Å². The van der Waals surface area contributed by atoms with Crippen molar-refractivity contribution < 1.29 is 14.2 Å². The quantitative estimate of drug-likeness (QED) is 0.876. The molecule has 0 aliphatic heterocycles. The summed E-state index contributed by atoms with van der Waals surface area (Å²) in [7, 11) is 1.51. The lowest BCUT2D eigenvalue weighted by Crippen LogP contribution is -2.36. The van der Waals surface area contributed by atoms with Crippen LogP contribution in [0.15, 0.2) is 29.4 Å². The predicted octanol–water partition coefficient (Wildman–Crippen LogP) is 4.42. The van der Waals surface area contributed by atoms with Crippen molar-refractivity contribution in [2.24, 2.45) is 5.41 Å². The van der Waals surface area contributed by atoms with Crippen LogP contribution in [-0.4, -0.2) is 18.3 Å². The third-order valence-corrected chi connectivity index (χ3v) is 6.21. The van der Waals surface area contributed by atoms with Crippen LogP contribution in [0, 0.1) is 11.2 Å². The highest BCUT2D eigenvalue weighted by Gasteiger charge is 2.47. The van der Waals surface area contributed by atoms with Crippen LogP contribution in [0.4, 0.5) is 4.39 Å². The highest BCUT2D eigenvalue weighted by Crippen LogP contribution is 2.57. The van der Waals surface area contributed by atoms with Crippen LogP contribution in [0.5, 0.6) is 5.75 Å². The van der Waals surface area contributed by atoms with E-state index in [9.17, 15) is 9.50 Å². The van der Waals surface area contributed by atoms with Gasteiger partial charge < -0.3 is 9.84 Å². The third kappa shape index (κ3) is 1.96. The number of allylic oxidation sites excluding steroid dienone is 2. The minimum absolute atomic E-state index is 0.0681. The van der Waals surface area contributed by atoms with Crippen molar-refractivity contribution in [2.75, 3.05) is 7.11 Å². The summed E-state index contributed by atoms with van der Waals surface area (Å²) in [4.78, 5) is 0. The van der Waals surface area contributed by atoms with Gasteiger partial charge in [0, 0.05) is 5.41 Å². The second-order valence-corrected chi connectivity index (χ2v) is 6.98. The van der Waals surface area contributed by atoms with Crippen molar-refractivity contribution in [3.05, 3.63) is 46.3 Å². The molecule has 3 aliphatic carbocycles. The Morgan fingerprint density at radius 2 is 2.09 bits per heavy atom. The van der Waals surface area contributed by atoms with Crippen molar-refractivity contribution in [1.82, 2.24) is 0 Å². The first-order valence-electron chi connectivity index (χ1n) is 8.58. The Morgan fingerprint density at radius 1 is 1.26 bits per heavy atom. The number of methoxy groups -OCH3 is 1. The molecule has 0 radical (unpaired) electrons. The molecule has 0 spiro atoms. The summed E-state index contributed by atoms with van der Waals surface area (Å²) in [6.07, 6.45) is 7.48. The van der Waals surface area contributed by atoms with E-state index in [4.69, 9.17) is 4.74 Å². The van der Waals surface area contributed by atoms with Gasteiger partial charge in [-0.15, -0.1) is 0 Å². The molecule has 0 unspecified atom stereocenters. The Hall–Kier alpha value is -1.61. The number of halogens is 1. The van der Waals surface area contributed by atoms with Gasteiger partial charge in [0.05, 0.1) is 13.2 Å². The summed E-state index contributed by atoms with van der Waals surface area (Å²) < 4.78 is 19.3. The van der Waals surface area contributed by atoms with Crippen LogP contribution in [-0.2, 0) is 6.42 Å². The number of fused-ring (bicyclic) bond motifs is 4. The van der Waals surface area contributed by atoms with Crippen molar-refractivity contribution in [3.8, 4) is 5.75 Å². The Labute approximate surface area is 136 Å². The van der Waals surface area contributed by atoms with Crippen LogP contribution in [0.2, 0.25) is 0 Å². The fraction of sp³-hybridized carbons (Fsp3) is 0.500. The van der Waals surface area contributed by atoms with Gasteiger partial charge in [0.25, 0.3) is 0 Å². The van der Waals surface area contributed by atoms with Crippen LogP contribution >= 0.6 is 0 Å². The minimum atomic E-state index is -0.284. The molecule has 3 aliphatic rings. The molecule has 0 heterocycles. The molecule has 1 aromatic carbocycles. The molecule has 23 heavy (non-hydrogen) atoms. The van der Waals surface area contributed by atoms with Crippen LogP contribution in [0.3, 0.4) is 0 Å². The maximum absolute atomic E-state index is 14.2. The summed E-state index contributed by atoms with van der Waals surface area (Å²) in [6.45, 7) is 2.18. The van der Waals surface area contributed by atoms with Crippen LogP contribution in [0.25, 0.3) is 5.57 Å². The highest BCUT2D eigenvalue weighted by atomic mass is 19.1. The fourth-order valence-electron chi connectivity index (χ4n) is 4.91. The lowest BCUT2D eigenvalue weighted by Gasteiger charge is -2.42. The molecule has 4 rings (SSSR count). The first kappa shape index (κ1) is 14.9. The van der Waals surface area contributed by atoms with Gasteiger partial charge in [0.2, 0.25) is 0 Å². The van der Waals surface area contributed by atoms with Gasteiger partial charge in [-0.1, -0.05) is 13.0 Å². The number of hydrogen-bond acceptors (Lipinski definition) is 2. The van der Waals surface area contributed by atoms with Crippen molar-refractivity contribution >= 4 is 5.57 Å². The zero-order valence-corrected chi connectivity index (χ0v) is 13.8. The molecule has 0 saturated heterocycles. The van der Waals surface area contributed by atoms with E-state index in [-0.39, 0.29) is 17.3 Å². The third-order valence-electron chi connectivity index (χ3n) is 6.21. The molecule has 0 saturated carbocycles. The van der Waals surface area contributed by atoms with Gasteiger partial charge in [0.1, 0.15) is 0 Å². The first-order chi connectivity index (χ1) is 11.1. The average molecular weight is 314 g/mol. The zero-order valence-electron chi connectivity index (χ0n) is 13.8. The number of hydrogen-bond donors (Lipinski definition) is 1. The summed E-state index contributed by atoms with van der Waals surface area (Å²) in [5.41, 5.74) is 6.17. The Kier molecular flexibility index (Phi) is 3.38. The average Bonchev–Trinajstić information content (AvgIpc) is 2.91. The van der Waals surface area contributed by atoms with Crippen molar-refractivity contribution in [2.45, 2.75) is 51.6 Å². The lowest BCUT2D eigenvalue weighted by atomic mass is 9.63. The first-order valence-corrected chi connectivity index (χ1v) is 8.58. The summed E-state index contributed by atoms with van der Waals surface area (Å²) in [6, 6.07) is 3.50. The molecule has 0 fully saturated rings. The minimum Gasteiger partial charge on any atom is -0.494 e. The van der Waals surface area contributed by atoms with Crippen molar-refractivity contribution in [1.29, 1.82) is 0 Å². The Bertz CT molecular complexity index is 731. The van der Waals surface area contributed by atoms with Gasteiger partial charge in [0.15, 0.2) is 11.6 Å². The maximum atomic E-state index is 14.2. The molecule has 1 aromatic rings. The standard InChI is InChI=1S/C20H23FO2/c1-3-20-9-8-13-14(16(20)6-7-19(20)22)5-4-12-10-18(23-2)17(21)11-15(12)13/h6,10-11,19,22H,3-5,7-9H2,1-2H3/t19-,20-/m0/s1. The SMILES string of the molecule is CC[C@]12CCC3=C(CCc4cc(OC)c(F)cc43)C1=CC[C@@H]2O. The number of aliphatic hydroxyl groups is 1. The molecule has 0 amide bonds. The molecule has 0 aromatic heterocycles. The fourth-order valence-corrected chi connectivity index (χ4v) is 4.91. The summed E-state index contributed by atoms with van der Waals surface area (Å²) in [5, 5.41) is 10.5. The van der Waals surface area contributed by atoms with E-state index in [2.05, 4.69) is 13.0 Å². The number of aliphatic hydroxyl groups excluding tert-OH is 1. The van der Waals surface area contributed by atoms with Crippen LogP contribution in [0.1, 0.15) is 50.2 Å². The van der Waals surface area contributed by atoms with Crippen molar-refractivity contribution in [3.63, 3.8) is 0 Å². The highest BCUT2D eigenvalue weighted by molar-refractivity contribution is 5.79. The van der Waals surface area contributed by atoms with E-state index in [1.807, 2.05) is 6.07 Å². The van der Waals surface area contributed by atoms with E-state index in [1.165, 1.54) is 29.4 Å². The number of ether oxygens (including phenoxy) is 1. The molecule has 2 atom stereocenters. The molecule has 1 N–H and O–H groups in total. The summed E-state index contributed by atoms with van der Waals surface area (Å²) >= 11 is 0. The normalized spacial score (nSPS) is 28.9. The summed E-state index contributed by atoms with van der Waals surface area (Å²) in [5.74, 6) is 0.0507. The number of rotatable bonds is 2. The molecule has 122 valence electrons. The van der Waals surface area contributed by atoms with Gasteiger partial charge in [-0.2, -0.15) is 0 Å². The maximum Gasteiger partial charge on any atom is 0.165 e. The van der Waals surface area contributed by atoms with Gasteiger partial charge in [-0.3, -0.25) is 0 Å². The number of benzene rings is 1. The van der Waals surface area contributed by atoms with E-state index in [0.717, 1.165) is 44.1 Å². The van der Waals surface area contributed by atoms with Gasteiger partial charge in [-0.05, 0) is 78.5 Å². The second-order valence-electron chi connectivity index (χ2n) is 6.98. The molecular weight excluding hydrogens is 291 g/mol. The second kappa shape index (κ2) is 5.20. The monoisotopic (exact) mass is 314 g/mol. The predicted molar refractivity (Wildman–Crippen MR) is 88.9 cm³/mol. The van der Waals surface area contributed by atoms with E-state index in [0.29, 0.717) is 5.75 Å². The lowest BCUT2D eigenvalue weighted by molar-refractivity contribution is 0.0570. The van der Waals surface area contributed by atoms with E-state index >= 15 is 0 Å². The molecule has 2 nitrogen and oxygen atoms in total. The molecule has 0 bridgehead atoms. The Balaban J connectivity index is 1.85. The van der Waals surface area contributed by atoms with E-state index in [1.54, 1.807) is 6.07 Å². The van der Waals surface area contributed by atoms with Crippen LogP contribution < -0.4 is 4.74 Å².